The first-order valence-electron chi connectivity index (χ1n) is 4.47. The summed E-state index contributed by atoms with van der Waals surface area (Å²) in [6.07, 6.45) is 7.94. The second-order valence-corrected chi connectivity index (χ2v) is 2.80. The Balaban J connectivity index is 5.19. The number of nitrogens with zero attached hydrogens (tertiary/aromatic N) is 1. The van der Waals surface area contributed by atoms with Crippen LogP contribution in [0.2, 0.25) is 0 Å². The summed E-state index contributed by atoms with van der Waals surface area (Å²) in [5.41, 5.74) is 0.477. The van der Waals surface area contributed by atoms with E-state index in [4.69, 9.17) is 0 Å². The first-order valence-corrected chi connectivity index (χ1v) is 4.47. The molecule has 0 aliphatic heterocycles. The normalized spacial score (nSPS) is 11.2. The molecular formula is C12H15NO2. The van der Waals surface area contributed by atoms with E-state index in [1.165, 1.54) is 19.9 Å². The third-order valence-corrected chi connectivity index (χ3v) is 1.58. The Morgan fingerprint density at radius 2 is 1.60 bits per heavy atom. The highest BCUT2D eigenvalue weighted by molar-refractivity contribution is 5.95. The van der Waals surface area contributed by atoms with Crippen molar-refractivity contribution in [1.29, 1.82) is 0 Å². The third kappa shape index (κ3) is 4.22. The van der Waals surface area contributed by atoms with Crippen molar-refractivity contribution in [1.82, 2.24) is 4.90 Å². The molecule has 0 atom stereocenters. The summed E-state index contributed by atoms with van der Waals surface area (Å²) in [6, 6.07) is 0. The number of amides is 2. The van der Waals surface area contributed by atoms with Crippen molar-refractivity contribution < 1.29 is 9.59 Å². The number of allylic oxidation sites excluding steroid dienone is 5. The summed E-state index contributed by atoms with van der Waals surface area (Å²) in [6.45, 7) is 9.70. The van der Waals surface area contributed by atoms with Crippen molar-refractivity contribution in [2.45, 2.75) is 13.8 Å². The van der Waals surface area contributed by atoms with E-state index in [-0.39, 0.29) is 11.8 Å². The van der Waals surface area contributed by atoms with Gasteiger partial charge in [-0.3, -0.25) is 14.5 Å². The van der Waals surface area contributed by atoms with Crippen LogP contribution < -0.4 is 0 Å². The molecule has 15 heavy (non-hydrogen) atoms. The van der Waals surface area contributed by atoms with E-state index in [0.717, 1.165) is 4.90 Å². The Hall–Kier alpha value is -1.90. The van der Waals surface area contributed by atoms with Crippen molar-refractivity contribution in [2.75, 3.05) is 0 Å². The van der Waals surface area contributed by atoms with E-state index in [1.54, 1.807) is 24.3 Å². The molecule has 0 spiro atoms. The molecule has 0 aromatic carbocycles. The van der Waals surface area contributed by atoms with Crippen LogP contribution in [0.3, 0.4) is 0 Å². The monoisotopic (exact) mass is 205 g/mol. The van der Waals surface area contributed by atoms with Crippen LogP contribution in [0.4, 0.5) is 0 Å². The van der Waals surface area contributed by atoms with E-state index in [9.17, 15) is 9.59 Å². The van der Waals surface area contributed by atoms with Crippen LogP contribution >= 0.6 is 0 Å². The quantitative estimate of drug-likeness (QED) is 0.660. The van der Waals surface area contributed by atoms with Gasteiger partial charge in [0.2, 0.25) is 11.8 Å². The number of rotatable bonds is 4. The molecule has 0 aliphatic rings. The van der Waals surface area contributed by atoms with Crippen LogP contribution in [0.25, 0.3) is 0 Å². The zero-order chi connectivity index (χ0) is 11.8. The first kappa shape index (κ1) is 13.1. The SMILES string of the molecule is C=C/C=C\C(=C/C=C)N(C(C)=O)C(C)=O. The number of carbonyl (C=O) groups excluding carboxylic acids is 2. The Labute approximate surface area is 90.1 Å². The average Bonchev–Trinajstić information content (AvgIpc) is 2.13. The first-order chi connectivity index (χ1) is 7.04. The highest BCUT2D eigenvalue weighted by Crippen LogP contribution is 2.08. The standard InChI is InChI=1S/C12H15NO2/c1-5-7-9-12(8-6-2)13(10(3)14)11(4)15/h5-9H,1-2H2,3-4H3/b9-7-,12-8+. The summed E-state index contributed by atoms with van der Waals surface area (Å²) in [5.74, 6) is -0.659. The molecule has 2 amide bonds. The van der Waals surface area contributed by atoms with Gasteiger partial charge in [0.25, 0.3) is 0 Å². The number of hydrogen-bond acceptors (Lipinski definition) is 2. The maximum atomic E-state index is 11.2. The third-order valence-electron chi connectivity index (χ3n) is 1.58. The molecule has 0 fully saturated rings. The summed E-state index contributed by atoms with van der Waals surface area (Å²) in [4.78, 5) is 23.5. The Morgan fingerprint density at radius 3 is 1.93 bits per heavy atom. The lowest BCUT2D eigenvalue weighted by Crippen LogP contribution is -2.31. The maximum Gasteiger partial charge on any atom is 0.230 e. The van der Waals surface area contributed by atoms with Gasteiger partial charge in [-0.25, -0.2) is 0 Å². The van der Waals surface area contributed by atoms with Gasteiger partial charge >= 0.3 is 0 Å². The van der Waals surface area contributed by atoms with Gasteiger partial charge in [-0.2, -0.15) is 0 Å². The van der Waals surface area contributed by atoms with E-state index in [1.807, 2.05) is 0 Å². The van der Waals surface area contributed by atoms with Gasteiger partial charge < -0.3 is 0 Å². The molecule has 0 rings (SSSR count). The maximum absolute atomic E-state index is 11.2. The van der Waals surface area contributed by atoms with Gasteiger partial charge in [0.1, 0.15) is 0 Å². The molecule has 3 heteroatoms. The molecule has 80 valence electrons. The zero-order valence-corrected chi connectivity index (χ0v) is 9.06. The fourth-order valence-corrected chi connectivity index (χ4v) is 1.08. The highest BCUT2D eigenvalue weighted by atomic mass is 16.2. The topological polar surface area (TPSA) is 37.4 Å². The Kier molecular flexibility index (Phi) is 5.71. The van der Waals surface area contributed by atoms with Gasteiger partial charge in [-0.05, 0) is 12.2 Å². The van der Waals surface area contributed by atoms with Crippen LogP contribution in [-0.2, 0) is 9.59 Å². The van der Waals surface area contributed by atoms with E-state index in [2.05, 4.69) is 13.2 Å². The van der Waals surface area contributed by atoms with Crippen molar-refractivity contribution in [3.8, 4) is 0 Å². The van der Waals surface area contributed by atoms with Crippen LogP contribution in [0.5, 0.6) is 0 Å². The van der Waals surface area contributed by atoms with Gasteiger partial charge in [0.05, 0.1) is 5.70 Å². The molecule has 0 N–H and O–H groups in total. The minimum absolute atomic E-state index is 0.329. The second-order valence-electron chi connectivity index (χ2n) is 2.80. The van der Waals surface area contributed by atoms with Crippen LogP contribution in [0, 0.1) is 0 Å². The summed E-state index contributed by atoms with van der Waals surface area (Å²) in [7, 11) is 0. The fourth-order valence-electron chi connectivity index (χ4n) is 1.08. The smallest absolute Gasteiger partial charge is 0.230 e. The van der Waals surface area contributed by atoms with Gasteiger partial charge in [0, 0.05) is 13.8 Å². The Morgan fingerprint density at radius 1 is 1.07 bits per heavy atom. The van der Waals surface area contributed by atoms with Crippen LogP contribution in [-0.4, -0.2) is 16.7 Å². The number of hydrogen-bond donors (Lipinski definition) is 0. The molecule has 0 unspecified atom stereocenters. The molecule has 0 saturated carbocycles. The predicted octanol–water partition coefficient (Wildman–Crippen LogP) is 2.19. The summed E-state index contributed by atoms with van der Waals surface area (Å²) < 4.78 is 0. The lowest BCUT2D eigenvalue weighted by Gasteiger charge is -2.17. The fraction of sp³-hybridized carbons (Fsp3) is 0.167. The molecule has 0 aromatic heterocycles. The molecule has 0 heterocycles. The van der Waals surface area contributed by atoms with E-state index >= 15 is 0 Å². The van der Waals surface area contributed by atoms with Gasteiger partial charge in [-0.15, -0.1) is 0 Å². The molecule has 0 saturated heterocycles. The van der Waals surface area contributed by atoms with Crippen molar-refractivity contribution >= 4 is 11.8 Å². The molecule has 0 aromatic rings. The number of carbonyl (C=O) groups is 2. The molecule has 0 radical (unpaired) electrons. The van der Waals surface area contributed by atoms with Crippen molar-refractivity contribution in [3.05, 3.63) is 49.2 Å². The predicted molar refractivity (Wildman–Crippen MR) is 60.8 cm³/mol. The Bertz CT molecular complexity index is 324. The molecule has 0 aliphatic carbocycles. The van der Waals surface area contributed by atoms with E-state index in [0.29, 0.717) is 5.70 Å². The number of imide groups is 1. The summed E-state index contributed by atoms with van der Waals surface area (Å²) >= 11 is 0. The lowest BCUT2D eigenvalue weighted by molar-refractivity contribution is -0.139. The molecule has 0 bridgehead atoms. The van der Waals surface area contributed by atoms with Crippen molar-refractivity contribution in [2.24, 2.45) is 0 Å². The van der Waals surface area contributed by atoms with E-state index < -0.39 is 0 Å². The molecular weight excluding hydrogens is 190 g/mol. The second kappa shape index (κ2) is 6.54. The van der Waals surface area contributed by atoms with Crippen molar-refractivity contribution in [3.63, 3.8) is 0 Å². The molecule has 3 nitrogen and oxygen atoms in total. The zero-order valence-electron chi connectivity index (χ0n) is 9.06. The summed E-state index contributed by atoms with van der Waals surface area (Å²) in [5, 5.41) is 0. The van der Waals surface area contributed by atoms with Gasteiger partial charge in [0.15, 0.2) is 0 Å². The van der Waals surface area contributed by atoms with Crippen LogP contribution in [0.1, 0.15) is 13.8 Å². The minimum atomic E-state index is -0.329. The van der Waals surface area contributed by atoms with Crippen LogP contribution in [0.15, 0.2) is 49.2 Å². The lowest BCUT2D eigenvalue weighted by atomic mass is 10.3. The van der Waals surface area contributed by atoms with Gasteiger partial charge in [-0.1, -0.05) is 31.4 Å². The average molecular weight is 205 g/mol. The largest absolute Gasteiger partial charge is 0.274 e. The highest BCUT2D eigenvalue weighted by Gasteiger charge is 2.15. The minimum Gasteiger partial charge on any atom is -0.274 e.